The highest BCUT2D eigenvalue weighted by molar-refractivity contribution is 5.12. The van der Waals surface area contributed by atoms with Crippen LogP contribution in [0.4, 0.5) is 0 Å². The van der Waals surface area contributed by atoms with Crippen LogP contribution in [0.2, 0.25) is 0 Å². The van der Waals surface area contributed by atoms with Crippen LogP contribution in [0.15, 0.2) is 12.2 Å². The summed E-state index contributed by atoms with van der Waals surface area (Å²) in [7, 11) is 0. The Morgan fingerprint density at radius 2 is 2.33 bits per heavy atom. The van der Waals surface area contributed by atoms with Crippen LogP contribution < -0.4 is 5.32 Å². The maximum atomic E-state index is 5.54. The second-order valence-electron chi connectivity index (χ2n) is 5.27. The molecule has 0 amide bonds. The SMILES string of the molecule is CC(C)COCCNC1CC2CC=CC21. The predicted molar refractivity (Wildman–Crippen MR) is 62.8 cm³/mol. The van der Waals surface area contributed by atoms with E-state index in [0.29, 0.717) is 5.92 Å². The molecule has 0 saturated heterocycles. The fourth-order valence-corrected chi connectivity index (χ4v) is 2.58. The molecule has 2 rings (SSSR count). The lowest BCUT2D eigenvalue weighted by atomic mass is 9.71. The van der Waals surface area contributed by atoms with Crippen molar-refractivity contribution in [3.63, 3.8) is 0 Å². The Bertz CT molecular complexity index is 225. The van der Waals surface area contributed by atoms with Gasteiger partial charge in [-0.3, -0.25) is 0 Å². The lowest BCUT2D eigenvalue weighted by Crippen LogP contribution is -2.48. The second kappa shape index (κ2) is 5.13. The molecule has 0 aromatic carbocycles. The van der Waals surface area contributed by atoms with Gasteiger partial charge in [-0.05, 0) is 30.6 Å². The molecular formula is C13H23NO. The van der Waals surface area contributed by atoms with E-state index in [1.807, 2.05) is 0 Å². The molecule has 15 heavy (non-hydrogen) atoms. The number of allylic oxidation sites excluding steroid dienone is 1. The Balaban J connectivity index is 1.50. The van der Waals surface area contributed by atoms with Crippen molar-refractivity contribution in [1.29, 1.82) is 0 Å². The lowest BCUT2D eigenvalue weighted by molar-refractivity contribution is 0.0963. The summed E-state index contributed by atoms with van der Waals surface area (Å²) in [5, 5.41) is 3.59. The van der Waals surface area contributed by atoms with E-state index < -0.39 is 0 Å². The van der Waals surface area contributed by atoms with Crippen molar-refractivity contribution in [3.05, 3.63) is 12.2 Å². The third kappa shape index (κ3) is 2.82. The smallest absolute Gasteiger partial charge is 0.0591 e. The topological polar surface area (TPSA) is 21.3 Å². The predicted octanol–water partition coefficient (Wildman–Crippen LogP) is 2.21. The van der Waals surface area contributed by atoms with E-state index in [4.69, 9.17) is 4.74 Å². The van der Waals surface area contributed by atoms with Gasteiger partial charge in [0.2, 0.25) is 0 Å². The van der Waals surface area contributed by atoms with Gasteiger partial charge in [-0.15, -0.1) is 0 Å². The Morgan fingerprint density at radius 1 is 1.47 bits per heavy atom. The van der Waals surface area contributed by atoms with Crippen LogP contribution in [0, 0.1) is 17.8 Å². The summed E-state index contributed by atoms with van der Waals surface area (Å²) >= 11 is 0. The largest absolute Gasteiger partial charge is 0.380 e. The summed E-state index contributed by atoms with van der Waals surface area (Å²) in [6.07, 6.45) is 7.40. The molecule has 0 spiro atoms. The van der Waals surface area contributed by atoms with Crippen molar-refractivity contribution in [2.45, 2.75) is 32.7 Å². The van der Waals surface area contributed by atoms with Gasteiger partial charge in [-0.1, -0.05) is 26.0 Å². The van der Waals surface area contributed by atoms with E-state index in [-0.39, 0.29) is 0 Å². The van der Waals surface area contributed by atoms with E-state index in [9.17, 15) is 0 Å². The molecule has 0 heterocycles. The molecule has 1 fully saturated rings. The summed E-state index contributed by atoms with van der Waals surface area (Å²) in [6.45, 7) is 7.13. The Morgan fingerprint density at radius 3 is 3.07 bits per heavy atom. The summed E-state index contributed by atoms with van der Waals surface area (Å²) < 4.78 is 5.54. The zero-order chi connectivity index (χ0) is 10.7. The van der Waals surface area contributed by atoms with Crippen LogP contribution in [0.1, 0.15) is 26.7 Å². The van der Waals surface area contributed by atoms with E-state index in [1.165, 1.54) is 12.8 Å². The fraction of sp³-hybridized carbons (Fsp3) is 0.846. The molecule has 1 saturated carbocycles. The van der Waals surface area contributed by atoms with Gasteiger partial charge in [0.15, 0.2) is 0 Å². The lowest BCUT2D eigenvalue weighted by Gasteiger charge is -2.40. The third-order valence-electron chi connectivity index (χ3n) is 3.47. The number of fused-ring (bicyclic) bond motifs is 1. The zero-order valence-electron chi connectivity index (χ0n) is 9.91. The first-order valence-corrected chi connectivity index (χ1v) is 6.25. The van der Waals surface area contributed by atoms with Gasteiger partial charge < -0.3 is 10.1 Å². The van der Waals surface area contributed by atoms with Crippen molar-refractivity contribution in [2.75, 3.05) is 19.8 Å². The molecule has 3 unspecified atom stereocenters. The minimum absolute atomic E-state index is 0.649. The summed E-state index contributed by atoms with van der Waals surface area (Å²) in [6, 6.07) is 0.733. The molecule has 3 atom stereocenters. The maximum Gasteiger partial charge on any atom is 0.0591 e. The highest BCUT2D eigenvalue weighted by Crippen LogP contribution is 2.42. The molecule has 0 radical (unpaired) electrons. The van der Waals surface area contributed by atoms with Gasteiger partial charge in [0.1, 0.15) is 0 Å². The Kier molecular flexibility index (Phi) is 3.81. The number of nitrogens with one attached hydrogen (secondary N) is 1. The quantitative estimate of drug-likeness (QED) is 0.535. The van der Waals surface area contributed by atoms with Crippen molar-refractivity contribution >= 4 is 0 Å². The number of rotatable bonds is 6. The summed E-state index contributed by atoms with van der Waals surface area (Å²) in [4.78, 5) is 0. The molecule has 2 aliphatic carbocycles. The van der Waals surface area contributed by atoms with Crippen LogP contribution in [0.3, 0.4) is 0 Å². The van der Waals surface area contributed by atoms with Crippen LogP contribution in [-0.4, -0.2) is 25.8 Å². The Labute approximate surface area is 93.1 Å². The second-order valence-corrected chi connectivity index (χ2v) is 5.27. The van der Waals surface area contributed by atoms with Gasteiger partial charge in [-0.25, -0.2) is 0 Å². The molecule has 0 bridgehead atoms. The van der Waals surface area contributed by atoms with Crippen LogP contribution in [0.5, 0.6) is 0 Å². The molecule has 1 N–H and O–H groups in total. The van der Waals surface area contributed by atoms with Gasteiger partial charge in [0, 0.05) is 19.2 Å². The normalized spacial score (nSPS) is 33.1. The molecule has 86 valence electrons. The average molecular weight is 209 g/mol. The van der Waals surface area contributed by atoms with Gasteiger partial charge in [-0.2, -0.15) is 0 Å². The highest BCUT2D eigenvalue weighted by atomic mass is 16.5. The van der Waals surface area contributed by atoms with Crippen molar-refractivity contribution in [3.8, 4) is 0 Å². The standard InChI is InChI=1S/C13H23NO/c1-10(2)9-15-7-6-14-13-8-11-4-3-5-12(11)13/h3,5,10-14H,4,6-9H2,1-2H3. The first-order chi connectivity index (χ1) is 7.27. The van der Waals surface area contributed by atoms with E-state index in [0.717, 1.165) is 37.6 Å². The van der Waals surface area contributed by atoms with Gasteiger partial charge in [0.05, 0.1) is 6.61 Å². The number of ether oxygens (including phenoxy) is 1. The van der Waals surface area contributed by atoms with Gasteiger partial charge in [0.25, 0.3) is 0 Å². The van der Waals surface area contributed by atoms with Crippen molar-refractivity contribution in [1.82, 2.24) is 5.32 Å². The monoisotopic (exact) mass is 209 g/mol. The zero-order valence-corrected chi connectivity index (χ0v) is 9.91. The highest BCUT2D eigenvalue weighted by Gasteiger charge is 2.40. The molecule has 0 aromatic heterocycles. The van der Waals surface area contributed by atoms with E-state index >= 15 is 0 Å². The minimum Gasteiger partial charge on any atom is -0.380 e. The molecule has 2 heteroatoms. The summed E-state index contributed by atoms with van der Waals surface area (Å²) in [5.41, 5.74) is 0. The molecule has 0 aliphatic heterocycles. The number of hydrogen-bond acceptors (Lipinski definition) is 2. The van der Waals surface area contributed by atoms with Crippen LogP contribution >= 0.6 is 0 Å². The molecule has 2 nitrogen and oxygen atoms in total. The molecular weight excluding hydrogens is 186 g/mol. The fourth-order valence-electron chi connectivity index (χ4n) is 2.58. The van der Waals surface area contributed by atoms with E-state index in [2.05, 4.69) is 31.3 Å². The van der Waals surface area contributed by atoms with Crippen molar-refractivity contribution in [2.24, 2.45) is 17.8 Å². The van der Waals surface area contributed by atoms with E-state index in [1.54, 1.807) is 0 Å². The van der Waals surface area contributed by atoms with Gasteiger partial charge >= 0.3 is 0 Å². The minimum atomic E-state index is 0.649. The molecule has 0 aromatic rings. The first-order valence-electron chi connectivity index (χ1n) is 6.25. The Hall–Kier alpha value is -0.340. The average Bonchev–Trinajstić information content (AvgIpc) is 2.53. The molecule has 2 aliphatic rings. The van der Waals surface area contributed by atoms with Crippen LogP contribution in [-0.2, 0) is 4.74 Å². The third-order valence-corrected chi connectivity index (χ3v) is 3.47. The van der Waals surface area contributed by atoms with Crippen molar-refractivity contribution < 1.29 is 4.74 Å². The van der Waals surface area contributed by atoms with Crippen LogP contribution in [0.25, 0.3) is 0 Å². The number of hydrogen-bond donors (Lipinski definition) is 1. The first kappa shape index (κ1) is 11.2. The summed E-state index contributed by atoms with van der Waals surface area (Å²) in [5.74, 6) is 2.44. The maximum absolute atomic E-state index is 5.54.